The van der Waals surface area contributed by atoms with E-state index >= 15 is 0 Å². The van der Waals surface area contributed by atoms with Gasteiger partial charge in [0.2, 0.25) is 5.88 Å². The zero-order chi connectivity index (χ0) is 20.4. The van der Waals surface area contributed by atoms with Crippen LogP contribution in [-0.4, -0.2) is 52.0 Å². The van der Waals surface area contributed by atoms with Crippen LogP contribution in [0.4, 0.5) is 0 Å². The molecule has 1 fully saturated rings. The number of hydrogen-bond donors (Lipinski definition) is 2. The Balaban J connectivity index is 1.56. The zero-order valence-electron chi connectivity index (χ0n) is 16.1. The number of nitrogens with zero attached hydrogens (tertiary/aromatic N) is 3. The second-order valence-electron chi connectivity index (χ2n) is 6.98. The number of aromatic amines is 1. The first-order chi connectivity index (χ1) is 14.0. The zero-order valence-corrected chi connectivity index (χ0v) is 16.1. The minimum Gasteiger partial charge on any atom is -0.481 e. The highest BCUT2D eigenvalue weighted by Gasteiger charge is 2.44. The summed E-state index contributed by atoms with van der Waals surface area (Å²) in [6.45, 7) is 0.489. The van der Waals surface area contributed by atoms with Gasteiger partial charge in [0.05, 0.1) is 36.1 Å². The molecule has 9 heteroatoms. The highest BCUT2D eigenvalue weighted by atomic mass is 16.5. The summed E-state index contributed by atoms with van der Waals surface area (Å²) < 4.78 is 11.7. The maximum absolute atomic E-state index is 12.4. The standard InChI is InChI=1S/C20H21N5O4/c1-28-12-20(7-8-20)23-18(27)13-5-6-16(22-11-13)25-17(26)10-15(24-25)14-4-3-9-21-19(14)29-2/h3-6,9-11,24H,7-8,12H2,1-2H3,(H,23,27). The van der Waals surface area contributed by atoms with Crippen LogP contribution < -0.4 is 15.6 Å². The second kappa shape index (κ2) is 7.51. The minimum absolute atomic E-state index is 0.210. The summed E-state index contributed by atoms with van der Waals surface area (Å²) in [5.74, 6) is 0.572. The molecule has 1 aliphatic rings. The molecule has 3 aromatic rings. The van der Waals surface area contributed by atoms with E-state index in [1.807, 2.05) is 0 Å². The van der Waals surface area contributed by atoms with Crippen molar-refractivity contribution in [2.75, 3.05) is 20.8 Å². The molecule has 0 saturated heterocycles. The molecule has 2 N–H and O–H groups in total. The molecule has 0 spiro atoms. The summed E-state index contributed by atoms with van der Waals surface area (Å²) >= 11 is 0. The predicted octanol–water partition coefficient (Wildman–Crippen LogP) is 1.54. The maximum Gasteiger partial charge on any atom is 0.273 e. The Morgan fingerprint density at radius 2 is 2.10 bits per heavy atom. The monoisotopic (exact) mass is 395 g/mol. The topological polar surface area (TPSA) is 111 Å². The van der Waals surface area contributed by atoms with E-state index in [-0.39, 0.29) is 17.0 Å². The van der Waals surface area contributed by atoms with Crippen molar-refractivity contribution in [3.8, 4) is 23.0 Å². The first-order valence-corrected chi connectivity index (χ1v) is 9.14. The predicted molar refractivity (Wildman–Crippen MR) is 105 cm³/mol. The number of pyridine rings is 2. The molecule has 1 amide bonds. The van der Waals surface area contributed by atoms with E-state index in [4.69, 9.17) is 9.47 Å². The summed E-state index contributed by atoms with van der Waals surface area (Å²) in [6, 6.07) is 8.26. The van der Waals surface area contributed by atoms with Gasteiger partial charge >= 0.3 is 0 Å². The van der Waals surface area contributed by atoms with Crippen LogP contribution in [0.15, 0.2) is 47.5 Å². The Morgan fingerprint density at radius 3 is 2.76 bits per heavy atom. The molecule has 0 radical (unpaired) electrons. The van der Waals surface area contributed by atoms with Crippen molar-refractivity contribution in [2.45, 2.75) is 18.4 Å². The van der Waals surface area contributed by atoms with Crippen molar-refractivity contribution in [3.63, 3.8) is 0 Å². The van der Waals surface area contributed by atoms with Gasteiger partial charge in [0.15, 0.2) is 5.82 Å². The van der Waals surface area contributed by atoms with Crippen LogP contribution >= 0.6 is 0 Å². The highest BCUT2D eigenvalue weighted by Crippen LogP contribution is 2.35. The molecule has 0 atom stereocenters. The van der Waals surface area contributed by atoms with Crippen molar-refractivity contribution >= 4 is 5.91 Å². The van der Waals surface area contributed by atoms with Crippen molar-refractivity contribution in [1.29, 1.82) is 0 Å². The third-order valence-electron chi connectivity index (χ3n) is 4.87. The summed E-state index contributed by atoms with van der Waals surface area (Å²) in [5, 5.41) is 6.00. The molecular formula is C20H21N5O4. The quantitative estimate of drug-likeness (QED) is 0.628. The van der Waals surface area contributed by atoms with Crippen molar-refractivity contribution in [1.82, 2.24) is 25.1 Å². The van der Waals surface area contributed by atoms with E-state index in [9.17, 15) is 9.59 Å². The molecule has 1 aliphatic carbocycles. The van der Waals surface area contributed by atoms with Crippen LogP contribution in [0.25, 0.3) is 17.1 Å². The molecule has 3 heterocycles. The Morgan fingerprint density at radius 1 is 1.28 bits per heavy atom. The number of carbonyl (C=O) groups excluding carboxylic acids is 1. The van der Waals surface area contributed by atoms with E-state index in [1.54, 1.807) is 37.6 Å². The number of H-pyrrole nitrogens is 1. The van der Waals surface area contributed by atoms with Gasteiger partial charge in [-0.25, -0.2) is 14.6 Å². The lowest BCUT2D eigenvalue weighted by molar-refractivity contribution is 0.0881. The van der Waals surface area contributed by atoms with E-state index < -0.39 is 0 Å². The normalized spacial score (nSPS) is 14.4. The molecule has 0 unspecified atom stereocenters. The van der Waals surface area contributed by atoms with E-state index in [0.717, 1.165) is 12.8 Å². The van der Waals surface area contributed by atoms with Gasteiger partial charge in [-0.15, -0.1) is 0 Å². The van der Waals surface area contributed by atoms with Crippen LogP contribution in [0.3, 0.4) is 0 Å². The fraction of sp³-hybridized carbons (Fsp3) is 0.300. The first kappa shape index (κ1) is 18.9. The number of hydrogen-bond acceptors (Lipinski definition) is 6. The molecule has 4 rings (SSSR count). The van der Waals surface area contributed by atoms with Gasteiger partial charge in [0.25, 0.3) is 11.5 Å². The number of ether oxygens (including phenoxy) is 2. The third kappa shape index (κ3) is 3.77. The van der Waals surface area contributed by atoms with Crippen LogP contribution in [0.2, 0.25) is 0 Å². The smallest absolute Gasteiger partial charge is 0.273 e. The van der Waals surface area contributed by atoms with Crippen molar-refractivity contribution in [3.05, 3.63) is 58.6 Å². The molecule has 0 bridgehead atoms. The number of nitrogens with one attached hydrogen (secondary N) is 2. The molecule has 0 aliphatic heterocycles. The summed E-state index contributed by atoms with van der Waals surface area (Å²) in [7, 11) is 3.14. The number of rotatable bonds is 7. The SMILES string of the molecule is COCC1(NC(=O)c2ccc(-n3[nH]c(-c4cccnc4OC)cc3=O)nc2)CC1. The second-order valence-corrected chi connectivity index (χ2v) is 6.98. The largest absolute Gasteiger partial charge is 0.481 e. The average Bonchev–Trinajstić information content (AvgIpc) is 3.38. The van der Waals surface area contributed by atoms with Gasteiger partial charge in [-0.2, -0.15) is 0 Å². The summed E-state index contributed by atoms with van der Waals surface area (Å²) in [5.41, 5.74) is 1.09. The molecule has 0 aromatic carbocycles. The lowest BCUT2D eigenvalue weighted by Gasteiger charge is -2.16. The number of aromatic nitrogens is 4. The fourth-order valence-corrected chi connectivity index (χ4v) is 3.16. The summed E-state index contributed by atoms with van der Waals surface area (Å²) in [4.78, 5) is 33.3. The lowest BCUT2D eigenvalue weighted by atomic mass is 10.2. The molecule has 9 nitrogen and oxygen atoms in total. The Hall–Kier alpha value is -3.46. The number of amides is 1. The lowest BCUT2D eigenvalue weighted by Crippen LogP contribution is -2.40. The van der Waals surface area contributed by atoms with Crippen LogP contribution in [0.5, 0.6) is 5.88 Å². The molecule has 1 saturated carbocycles. The van der Waals surface area contributed by atoms with E-state index in [1.165, 1.54) is 24.1 Å². The number of carbonyl (C=O) groups is 1. The van der Waals surface area contributed by atoms with Gasteiger partial charge in [-0.3, -0.25) is 14.7 Å². The van der Waals surface area contributed by atoms with E-state index in [2.05, 4.69) is 20.4 Å². The average molecular weight is 395 g/mol. The Kier molecular flexibility index (Phi) is 4.89. The Labute approximate surface area is 166 Å². The van der Waals surface area contributed by atoms with Gasteiger partial charge in [-0.1, -0.05) is 0 Å². The van der Waals surface area contributed by atoms with Crippen molar-refractivity contribution in [2.24, 2.45) is 0 Å². The van der Waals surface area contributed by atoms with Gasteiger partial charge in [-0.05, 0) is 37.1 Å². The Bertz CT molecular complexity index is 1080. The minimum atomic E-state index is -0.285. The van der Waals surface area contributed by atoms with Crippen molar-refractivity contribution < 1.29 is 14.3 Å². The highest BCUT2D eigenvalue weighted by molar-refractivity contribution is 5.94. The third-order valence-corrected chi connectivity index (χ3v) is 4.87. The van der Waals surface area contributed by atoms with Gasteiger partial charge in [0, 0.05) is 25.6 Å². The van der Waals surface area contributed by atoms with Crippen LogP contribution in [-0.2, 0) is 4.74 Å². The van der Waals surface area contributed by atoms with Gasteiger partial charge in [0.1, 0.15) is 0 Å². The molecule has 150 valence electrons. The summed E-state index contributed by atoms with van der Waals surface area (Å²) in [6.07, 6.45) is 4.86. The fourth-order valence-electron chi connectivity index (χ4n) is 3.16. The first-order valence-electron chi connectivity index (χ1n) is 9.14. The molecule has 29 heavy (non-hydrogen) atoms. The van der Waals surface area contributed by atoms with Crippen LogP contribution in [0.1, 0.15) is 23.2 Å². The van der Waals surface area contributed by atoms with Crippen LogP contribution in [0, 0.1) is 0 Å². The maximum atomic E-state index is 12.4. The molecule has 3 aromatic heterocycles. The van der Waals surface area contributed by atoms with E-state index in [0.29, 0.717) is 35.1 Å². The molecular weight excluding hydrogens is 374 g/mol. The number of methoxy groups -OCH3 is 2. The van der Waals surface area contributed by atoms with Gasteiger partial charge < -0.3 is 14.8 Å².